The predicted octanol–water partition coefficient (Wildman–Crippen LogP) is 5.56. The summed E-state index contributed by atoms with van der Waals surface area (Å²) in [6.45, 7) is 2.00. The summed E-state index contributed by atoms with van der Waals surface area (Å²) in [4.78, 5) is 12.0. The van der Waals surface area contributed by atoms with E-state index in [2.05, 4.69) is 16.6 Å². The topological polar surface area (TPSA) is 26.3 Å². The molecule has 3 aromatic rings. The van der Waals surface area contributed by atoms with Crippen molar-refractivity contribution in [2.45, 2.75) is 13.3 Å². The number of hydrogen-bond donors (Lipinski definition) is 0. The van der Waals surface area contributed by atoms with Gasteiger partial charge in [0.2, 0.25) is 0 Å². The third-order valence-electron chi connectivity index (χ3n) is 4.13. The molecule has 3 rings (SSSR count). The Morgan fingerprint density at radius 1 is 0.800 bits per heavy atom. The first kappa shape index (κ1) is 21.1. The lowest BCUT2D eigenvalue weighted by atomic mass is 10.1. The molecule has 0 aromatic heterocycles. The zero-order valence-electron chi connectivity index (χ0n) is 15.5. The van der Waals surface area contributed by atoms with Gasteiger partial charge in [-0.2, -0.15) is 0 Å². The Labute approximate surface area is 168 Å². The van der Waals surface area contributed by atoms with Crippen molar-refractivity contribution >= 4 is 5.97 Å². The Balaban J connectivity index is 1.84. The molecule has 0 radical (unpaired) electrons. The summed E-state index contributed by atoms with van der Waals surface area (Å²) in [5.41, 5.74) is 0.649. The highest BCUT2D eigenvalue weighted by Gasteiger charge is 2.22. The van der Waals surface area contributed by atoms with Crippen LogP contribution in [-0.2, 0) is 6.42 Å². The largest absolute Gasteiger partial charge is 0.423 e. The van der Waals surface area contributed by atoms with Crippen molar-refractivity contribution in [2.24, 2.45) is 0 Å². The van der Waals surface area contributed by atoms with Crippen molar-refractivity contribution in [3.8, 4) is 17.6 Å². The Morgan fingerprint density at radius 3 is 1.87 bits per heavy atom. The Hall–Kier alpha value is -3.66. The first-order valence-electron chi connectivity index (χ1n) is 8.75. The SMILES string of the molecule is CCc1ccc(C#Cc2cc(F)c(C(=O)Oc3cc(F)c(F)c(F)c3)c(F)c2)cc1. The molecule has 0 spiro atoms. The molecule has 0 bridgehead atoms. The zero-order chi connectivity index (χ0) is 21.8. The third kappa shape index (κ3) is 4.66. The van der Waals surface area contributed by atoms with Crippen LogP contribution in [0.3, 0.4) is 0 Å². The van der Waals surface area contributed by atoms with Crippen LogP contribution in [0.1, 0.15) is 34.0 Å². The minimum Gasteiger partial charge on any atom is -0.423 e. The number of esters is 1. The molecule has 0 saturated heterocycles. The first-order valence-corrected chi connectivity index (χ1v) is 8.75. The van der Waals surface area contributed by atoms with Crippen molar-refractivity contribution < 1.29 is 31.5 Å². The molecule has 7 heteroatoms. The zero-order valence-corrected chi connectivity index (χ0v) is 15.5. The van der Waals surface area contributed by atoms with Crippen LogP contribution in [0.2, 0.25) is 0 Å². The highest BCUT2D eigenvalue weighted by Crippen LogP contribution is 2.22. The van der Waals surface area contributed by atoms with Crippen LogP contribution in [0.5, 0.6) is 5.75 Å². The lowest BCUT2D eigenvalue weighted by Gasteiger charge is -2.07. The van der Waals surface area contributed by atoms with Crippen molar-refractivity contribution in [1.82, 2.24) is 0 Å². The summed E-state index contributed by atoms with van der Waals surface area (Å²) in [5.74, 6) is -4.46. The van der Waals surface area contributed by atoms with E-state index in [4.69, 9.17) is 0 Å². The van der Waals surface area contributed by atoms with Crippen molar-refractivity contribution in [1.29, 1.82) is 0 Å². The van der Waals surface area contributed by atoms with E-state index >= 15 is 0 Å². The van der Waals surface area contributed by atoms with Crippen LogP contribution >= 0.6 is 0 Å². The van der Waals surface area contributed by atoms with Crippen molar-refractivity contribution in [3.63, 3.8) is 0 Å². The van der Waals surface area contributed by atoms with Crippen molar-refractivity contribution in [3.05, 3.63) is 99.9 Å². The first-order chi connectivity index (χ1) is 14.3. The molecule has 0 aliphatic heterocycles. The molecular weight excluding hydrogens is 403 g/mol. The number of hydrogen-bond acceptors (Lipinski definition) is 2. The molecule has 0 aliphatic carbocycles. The van der Waals surface area contributed by atoms with Crippen LogP contribution < -0.4 is 4.74 Å². The number of carbonyl (C=O) groups excluding carboxylic acids is 1. The van der Waals surface area contributed by atoms with Gasteiger partial charge in [0.25, 0.3) is 0 Å². The Kier molecular flexibility index (Phi) is 6.17. The van der Waals surface area contributed by atoms with E-state index in [-0.39, 0.29) is 5.56 Å². The Bertz CT molecular complexity index is 1130. The third-order valence-corrected chi connectivity index (χ3v) is 4.13. The molecule has 0 atom stereocenters. The van der Waals surface area contributed by atoms with Crippen LogP contribution in [0.25, 0.3) is 0 Å². The predicted molar refractivity (Wildman–Crippen MR) is 99.4 cm³/mol. The molecule has 0 unspecified atom stereocenters. The van der Waals surface area contributed by atoms with Gasteiger partial charge >= 0.3 is 5.97 Å². The maximum atomic E-state index is 14.3. The second-order valence-electron chi connectivity index (χ2n) is 6.21. The van der Waals surface area contributed by atoms with E-state index in [9.17, 15) is 26.7 Å². The molecule has 0 saturated carbocycles. The minimum absolute atomic E-state index is 0.0278. The number of carbonyl (C=O) groups is 1. The maximum absolute atomic E-state index is 14.3. The molecule has 0 aliphatic rings. The minimum atomic E-state index is -1.76. The lowest BCUT2D eigenvalue weighted by Crippen LogP contribution is -2.14. The lowest BCUT2D eigenvalue weighted by molar-refractivity contribution is 0.0723. The van der Waals surface area contributed by atoms with Gasteiger partial charge in [-0.1, -0.05) is 30.9 Å². The van der Waals surface area contributed by atoms with E-state index in [0.29, 0.717) is 17.7 Å². The molecule has 3 aromatic carbocycles. The molecule has 0 amide bonds. The Morgan fingerprint density at radius 2 is 1.33 bits per heavy atom. The number of halogens is 5. The van der Waals surface area contributed by atoms with Gasteiger partial charge in [0.1, 0.15) is 22.9 Å². The van der Waals surface area contributed by atoms with Gasteiger partial charge < -0.3 is 4.74 Å². The molecule has 0 heterocycles. The van der Waals surface area contributed by atoms with Gasteiger partial charge in [-0.15, -0.1) is 0 Å². The fourth-order valence-electron chi connectivity index (χ4n) is 2.56. The average Bonchev–Trinajstić information content (AvgIpc) is 2.70. The standard InChI is InChI=1S/C23H13F5O2/c1-2-13-3-5-14(6-4-13)7-8-15-9-17(24)21(18(25)10-15)23(29)30-16-11-19(26)22(28)20(27)12-16/h3-6,9-12H,2H2,1H3. The number of rotatable bonds is 3. The van der Waals surface area contributed by atoms with Crippen LogP contribution in [-0.4, -0.2) is 5.97 Å². The van der Waals surface area contributed by atoms with Gasteiger partial charge in [0.05, 0.1) is 0 Å². The van der Waals surface area contributed by atoms with Crippen LogP contribution in [0.4, 0.5) is 22.0 Å². The highest BCUT2D eigenvalue weighted by atomic mass is 19.2. The fraction of sp³-hybridized carbons (Fsp3) is 0.0870. The van der Waals surface area contributed by atoms with E-state index < -0.39 is 46.4 Å². The number of aryl methyl sites for hydroxylation is 1. The summed E-state index contributed by atoms with van der Waals surface area (Å²) in [6.07, 6.45) is 0.860. The fourth-order valence-corrected chi connectivity index (χ4v) is 2.56. The van der Waals surface area contributed by atoms with E-state index in [1.54, 1.807) is 12.1 Å². The second-order valence-corrected chi connectivity index (χ2v) is 6.21. The molecule has 2 nitrogen and oxygen atoms in total. The van der Waals surface area contributed by atoms with Gasteiger partial charge in [0, 0.05) is 23.3 Å². The molecular formula is C23H13F5O2. The summed E-state index contributed by atoms with van der Waals surface area (Å²) >= 11 is 0. The molecule has 30 heavy (non-hydrogen) atoms. The van der Waals surface area contributed by atoms with Crippen LogP contribution in [0, 0.1) is 40.9 Å². The summed E-state index contributed by atoms with van der Waals surface area (Å²) in [5, 5.41) is 0. The van der Waals surface area contributed by atoms with Crippen molar-refractivity contribution in [2.75, 3.05) is 0 Å². The van der Waals surface area contributed by atoms with Gasteiger partial charge in [-0.3, -0.25) is 0 Å². The summed E-state index contributed by atoms with van der Waals surface area (Å²) < 4.78 is 72.5. The van der Waals surface area contributed by atoms with E-state index in [1.807, 2.05) is 19.1 Å². The summed E-state index contributed by atoms with van der Waals surface area (Å²) in [6, 6.07) is 9.73. The van der Waals surface area contributed by atoms with Gasteiger partial charge in [-0.05, 0) is 36.2 Å². The molecule has 152 valence electrons. The highest BCUT2D eigenvalue weighted by molar-refractivity contribution is 5.91. The quantitative estimate of drug-likeness (QED) is 0.184. The second kappa shape index (κ2) is 8.78. The average molecular weight is 416 g/mol. The maximum Gasteiger partial charge on any atom is 0.349 e. The molecule has 0 N–H and O–H groups in total. The number of ether oxygens (including phenoxy) is 1. The summed E-state index contributed by atoms with van der Waals surface area (Å²) in [7, 11) is 0. The van der Waals surface area contributed by atoms with Gasteiger partial charge in [-0.25, -0.2) is 26.7 Å². The monoisotopic (exact) mass is 416 g/mol. The van der Waals surface area contributed by atoms with Gasteiger partial charge in [0.15, 0.2) is 17.5 Å². The molecule has 0 fully saturated rings. The van der Waals surface area contributed by atoms with E-state index in [1.165, 1.54) is 0 Å². The smallest absolute Gasteiger partial charge is 0.349 e. The van der Waals surface area contributed by atoms with Crippen LogP contribution in [0.15, 0.2) is 48.5 Å². The number of benzene rings is 3. The normalized spacial score (nSPS) is 10.3. The van der Waals surface area contributed by atoms with E-state index in [0.717, 1.165) is 24.1 Å².